The minimum Gasteiger partial charge on any atom is -0.352 e. The first-order valence-corrected chi connectivity index (χ1v) is 16.0. The summed E-state index contributed by atoms with van der Waals surface area (Å²) < 4.78 is 29.0. The van der Waals surface area contributed by atoms with E-state index in [-0.39, 0.29) is 23.4 Å². The van der Waals surface area contributed by atoms with Gasteiger partial charge in [-0.3, -0.25) is 13.9 Å². The lowest BCUT2D eigenvalue weighted by atomic mass is 10.1. The Morgan fingerprint density at radius 2 is 1.66 bits per heavy atom. The van der Waals surface area contributed by atoms with Crippen molar-refractivity contribution in [3.63, 3.8) is 0 Å². The summed E-state index contributed by atoms with van der Waals surface area (Å²) in [5.74, 6) is -0.628. The lowest BCUT2D eigenvalue weighted by Crippen LogP contribution is -2.54. The van der Waals surface area contributed by atoms with Gasteiger partial charge in [-0.2, -0.15) is 0 Å². The minimum absolute atomic E-state index is 0.0260. The molecule has 0 unspecified atom stereocenters. The second-order valence-corrected chi connectivity index (χ2v) is 12.8. The van der Waals surface area contributed by atoms with E-state index >= 15 is 0 Å². The number of aryl methyl sites for hydroxylation is 1. The van der Waals surface area contributed by atoms with Crippen LogP contribution >= 0.6 is 11.6 Å². The number of carbonyl (C=O) groups excluding carboxylic acids is 2. The number of nitrogens with one attached hydrogen (secondary N) is 1. The Morgan fingerprint density at radius 3 is 2.29 bits per heavy atom. The van der Waals surface area contributed by atoms with Crippen LogP contribution in [0.4, 0.5) is 5.69 Å². The number of sulfonamides is 1. The predicted molar refractivity (Wildman–Crippen MR) is 163 cm³/mol. The molecular weight excluding hydrogens is 558 g/mol. The Labute approximate surface area is 248 Å². The number of rotatable bonds is 12. The SMILES string of the molecule is CC[C@@H](C(=O)NC1CCCC1)N(CCc1ccccc1)C(=O)CN(c1cccc(C)c1)S(=O)(=O)c1ccc(Cl)cc1. The van der Waals surface area contributed by atoms with Gasteiger partial charge >= 0.3 is 0 Å². The molecule has 7 nitrogen and oxygen atoms in total. The highest BCUT2D eigenvalue weighted by atomic mass is 35.5. The maximum Gasteiger partial charge on any atom is 0.264 e. The standard InChI is InChI=1S/C32H38ClN3O4S/c1-3-30(32(38)34-27-13-7-8-14-27)35(21-20-25-11-5-4-6-12-25)31(37)23-36(28-15-9-10-24(2)22-28)41(39,40)29-18-16-26(33)17-19-29/h4-6,9-12,15-19,22,27,30H,3,7-8,13-14,20-21,23H2,1-2H3,(H,34,38)/t30-/m0/s1. The Bertz CT molecular complexity index is 1420. The number of carbonyl (C=O) groups is 2. The Kier molecular flexibility index (Phi) is 10.5. The Morgan fingerprint density at radius 1 is 0.976 bits per heavy atom. The highest BCUT2D eigenvalue weighted by molar-refractivity contribution is 7.92. The average Bonchev–Trinajstić information content (AvgIpc) is 3.47. The first-order valence-electron chi connectivity index (χ1n) is 14.2. The van der Waals surface area contributed by atoms with Gasteiger partial charge in [-0.1, -0.05) is 73.8 Å². The van der Waals surface area contributed by atoms with Gasteiger partial charge in [0.2, 0.25) is 11.8 Å². The summed E-state index contributed by atoms with van der Waals surface area (Å²) >= 11 is 6.02. The van der Waals surface area contributed by atoms with Crippen molar-refractivity contribution in [2.75, 3.05) is 17.4 Å². The average molecular weight is 596 g/mol. The van der Waals surface area contributed by atoms with Gasteiger partial charge in [-0.05, 0) is 80.1 Å². The molecule has 218 valence electrons. The summed E-state index contributed by atoms with van der Waals surface area (Å²) in [7, 11) is -4.13. The smallest absolute Gasteiger partial charge is 0.264 e. The molecule has 0 aliphatic heterocycles. The van der Waals surface area contributed by atoms with Gasteiger partial charge in [-0.15, -0.1) is 0 Å². The highest BCUT2D eigenvalue weighted by Gasteiger charge is 2.34. The molecule has 0 radical (unpaired) electrons. The number of hydrogen-bond donors (Lipinski definition) is 1. The zero-order valence-corrected chi connectivity index (χ0v) is 25.2. The fourth-order valence-electron chi connectivity index (χ4n) is 5.31. The Hall–Kier alpha value is -3.36. The molecule has 41 heavy (non-hydrogen) atoms. The molecule has 0 heterocycles. The van der Waals surface area contributed by atoms with E-state index < -0.39 is 28.5 Å². The second-order valence-electron chi connectivity index (χ2n) is 10.5. The first kappa shape index (κ1) is 30.6. The van der Waals surface area contributed by atoms with E-state index in [1.807, 2.05) is 50.2 Å². The van der Waals surface area contributed by atoms with E-state index in [2.05, 4.69) is 5.32 Å². The molecule has 0 spiro atoms. The molecule has 1 aliphatic rings. The third kappa shape index (κ3) is 7.89. The third-order valence-corrected chi connectivity index (χ3v) is 9.58. The van der Waals surface area contributed by atoms with Crippen LogP contribution in [-0.2, 0) is 26.0 Å². The van der Waals surface area contributed by atoms with Crippen molar-refractivity contribution < 1.29 is 18.0 Å². The molecule has 0 saturated heterocycles. The van der Waals surface area contributed by atoms with Crippen LogP contribution in [0.2, 0.25) is 5.02 Å². The molecule has 1 N–H and O–H groups in total. The zero-order valence-electron chi connectivity index (χ0n) is 23.6. The maximum absolute atomic E-state index is 14.1. The summed E-state index contributed by atoms with van der Waals surface area (Å²) in [6.07, 6.45) is 4.96. The van der Waals surface area contributed by atoms with Crippen LogP contribution in [0, 0.1) is 6.92 Å². The third-order valence-electron chi connectivity index (χ3n) is 7.54. The van der Waals surface area contributed by atoms with Crippen molar-refractivity contribution in [3.8, 4) is 0 Å². The Balaban J connectivity index is 1.67. The quantitative estimate of drug-likeness (QED) is 0.289. The summed E-state index contributed by atoms with van der Waals surface area (Å²) in [5.41, 5.74) is 2.26. The van der Waals surface area contributed by atoms with Crippen molar-refractivity contribution in [1.82, 2.24) is 10.2 Å². The molecule has 0 bridgehead atoms. The first-order chi connectivity index (χ1) is 19.7. The summed E-state index contributed by atoms with van der Waals surface area (Å²) in [6.45, 7) is 3.58. The van der Waals surface area contributed by atoms with Crippen LogP contribution in [-0.4, -0.2) is 50.3 Å². The molecule has 0 aromatic heterocycles. The fourth-order valence-corrected chi connectivity index (χ4v) is 6.84. The van der Waals surface area contributed by atoms with Crippen molar-refractivity contribution >= 4 is 39.1 Å². The summed E-state index contributed by atoms with van der Waals surface area (Å²) in [5, 5.41) is 3.55. The molecule has 9 heteroatoms. The van der Waals surface area contributed by atoms with E-state index in [0.717, 1.165) is 41.1 Å². The molecule has 3 aromatic rings. The number of halogens is 1. The predicted octanol–water partition coefficient (Wildman–Crippen LogP) is 5.75. The number of hydrogen-bond acceptors (Lipinski definition) is 4. The number of benzene rings is 3. The monoisotopic (exact) mass is 595 g/mol. The van der Waals surface area contributed by atoms with Crippen LogP contribution < -0.4 is 9.62 Å². The van der Waals surface area contributed by atoms with Crippen LogP contribution in [0.3, 0.4) is 0 Å². The molecule has 1 saturated carbocycles. The van der Waals surface area contributed by atoms with Gasteiger partial charge in [0.1, 0.15) is 12.6 Å². The molecule has 1 atom stereocenters. The molecule has 2 amide bonds. The zero-order chi connectivity index (χ0) is 29.4. The molecular formula is C32H38ClN3O4S. The summed E-state index contributed by atoms with van der Waals surface area (Å²) in [4.78, 5) is 29.2. The van der Waals surface area contributed by atoms with Crippen molar-refractivity contribution in [2.45, 2.75) is 69.4 Å². The van der Waals surface area contributed by atoms with Gasteiger partial charge in [0, 0.05) is 17.6 Å². The van der Waals surface area contributed by atoms with Gasteiger partial charge in [0.15, 0.2) is 0 Å². The summed E-state index contributed by atoms with van der Waals surface area (Å²) in [6, 6.07) is 22.1. The molecule has 1 aliphatic carbocycles. The van der Waals surface area contributed by atoms with Crippen LogP contribution in [0.1, 0.15) is 50.2 Å². The second kappa shape index (κ2) is 14.0. The van der Waals surface area contributed by atoms with Crippen molar-refractivity contribution in [3.05, 3.63) is 95.0 Å². The lowest BCUT2D eigenvalue weighted by molar-refractivity contribution is -0.139. The van der Waals surface area contributed by atoms with E-state index in [9.17, 15) is 18.0 Å². The van der Waals surface area contributed by atoms with E-state index in [1.54, 1.807) is 23.1 Å². The van der Waals surface area contributed by atoms with Crippen LogP contribution in [0.25, 0.3) is 0 Å². The largest absolute Gasteiger partial charge is 0.352 e. The van der Waals surface area contributed by atoms with Gasteiger partial charge in [-0.25, -0.2) is 8.42 Å². The maximum atomic E-state index is 14.1. The fraction of sp³-hybridized carbons (Fsp3) is 0.375. The lowest BCUT2D eigenvalue weighted by Gasteiger charge is -2.33. The molecule has 1 fully saturated rings. The topological polar surface area (TPSA) is 86.8 Å². The molecule has 4 rings (SSSR count). The van der Waals surface area contributed by atoms with Gasteiger partial charge in [0.05, 0.1) is 10.6 Å². The normalized spacial score (nSPS) is 14.4. The number of amides is 2. The molecule has 3 aromatic carbocycles. The number of anilines is 1. The minimum atomic E-state index is -4.13. The van der Waals surface area contributed by atoms with Crippen LogP contribution in [0.15, 0.2) is 83.8 Å². The van der Waals surface area contributed by atoms with Crippen molar-refractivity contribution in [2.24, 2.45) is 0 Å². The van der Waals surface area contributed by atoms with E-state index in [0.29, 0.717) is 23.6 Å². The highest BCUT2D eigenvalue weighted by Crippen LogP contribution is 2.26. The number of nitrogens with zero attached hydrogens (tertiary/aromatic N) is 2. The van der Waals surface area contributed by atoms with Crippen LogP contribution in [0.5, 0.6) is 0 Å². The van der Waals surface area contributed by atoms with Gasteiger partial charge < -0.3 is 10.2 Å². The van der Waals surface area contributed by atoms with Crippen molar-refractivity contribution in [1.29, 1.82) is 0 Å². The van der Waals surface area contributed by atoms with E-state index in [1.165, 1.54) is 24.3 Å². The van der Waals surface area contributed by atoms with Gasteiger partial charge in [0.25, 0.3) is 10.0 Å². The van der Waals surface area contributed by atoms with E-state index in [4.69, 9.17) is 11.6 Å².